The normalized spacial score (nSPS) is 14.7. The lowest BCUT2D eigenvalue weighted by molar-refractivity contribution is 0.237. The third-order valence-corrected chi connectivity index (χ3v) is 2.90. The molecular weight excluding hydrogens is 210 g/mol. The van der Waals surface area contributed by atoms with Crippen molar-refractivity contribution < 1.29 is 4.74 Å². The molecule has 0 amide bonds. The Morgan fingerprint density at radius 1 is 1.12 bits per heavy atom. The predicted octanol–water partition coefficient (Wildman–Crippen LogP) is 3.92. The van der Waals surface area contributed by atoms with E-state index >= 15 is 0 Å². The van der Waals surface area contributed by atoms with Crippen molar-refractivity contribution >= 4 is 0 Å². The van der Waals surface area contributed by atoms with Gasteiger partial charge in [-0.3, -0.25) is 0 Å². The van der Waals surface area contributed by atoms with E-state index in [1.165, 1.54) is 5.56 Å². The van der Waals surface area contributed by atoms with E-state index in [1.807, 2.05) is 12.1 Å². The number of para-hydroxylation sites is 1. The summed E-state index contributed by atoms with van der Waals surface area (Å²) in [5, 5.41) is 3.58. The van der Waals surface area contributed by atoms with Crippen molar-refractivity contribution in [3.05, 3.63) is 29.8 Å². The van der Waals surface area contributed by atoms with Crippen LogP contribution >= 0.6 is 0 Å². The minimum Gasteiger partial charge on any atom is -0.491 e. The van der Waals surface area contributed by atoms with Crippen molar-refractivity contribution in [2.45, 2.75) is 59.2 Å². The summed E-state index contributed by atoms with van der Waals surface area (Å²) in [6.07, 6.45) is 1.35. The Bertz CT molecular complexity index is 335. The van der Waals surface area contributed by atoms with E-state index in [9.17, 15) is 0 Å². The van der Waals surface area contributed by atoms with Gasteiger partial charge in [0.15, 0.2) is 0 Å². The highest BCUT2D eigenvalue weighted by Crippen LogP contribution is 2.26. The number of benzene rings is 1. The molecule has 2 nitrogen and oxygen atoms in total. The molecule has 0 spiro atoms. The van der Waals surface area contributed by atoms with Gasteiger partial charge < -0.3 is 10.1 Å². The van der Waals surface area contributed by atoms with E-state index in [2.05, 4.69) is 52.1 Å². The zero-order valence-electron chi connectivity index (χ0n) is 11.7. The van der Waals surface area contributed by atoms with E-state index < -0.39 is 0 Å². The van der Waals surface area contributed by atoms with Gasteiger partial charge in [0, 0.05) is 17.6 Å². The first-order valence-electron chi connectivity index (χ1n) is 6.56. The second-order valence-corrected chi connectivity index (χ2v) is 4.90. The molecule has 0 aliphatic heterocycles. The van der Waals surface area contributed by atoms with E-state index in [0.717, 1.165) is 12.2 Å². The molecule has 0 fully saturated rings. The molecule has 0 aliphatic carbocycles. The summed E-state index contributed by atoms with van der Waals surface area (Å²) in [5.74, 6) is 0.991. The van der Waals surface area contributed by atoms with Gasteiger partial charge in [-0.15, -0.1) is 0 Å². The van der Waals surface area contributed by atoms with E-state index in [-0.39, 0.29) is 6.10 Å². The van der Waals surface area contributed by atoms with Gasteiger partial charge >= 0.3 is 0 Å². The molecule has 0 saturated heterocycles. The summed E-state index contributed by atoms with van der Waals surface area (Å²) >= 11 is 0. The number of hydrogen-bond donors (Lipinski definition) is 1. The van der Waals surface area contributed by atoms with Crippen LogP contribution in [0.4, 0.5) is 0 Å². The van der Waals surface area contributed by atoms with Crippen LogP contribution in [0.25, 0.3) is 0 Å². The van der Waals surface area contributed by atoms with Crippen LogP contribution in [0.3, 0.4) is 0 Å². The van der Waals surface area contributed by atoms with E-state index in [0.29, 0.717) is 12.1 Å². The first-order chi connectivity index (χ1) is 8.04. The number of rotatable bonds is 6. The van der Waals surface area contributed by atoms with Gasteiger partial charge in [0.2, 0.25) is 0 Å². The number of ether oxygens (including phenoxy) is 1. The van der Waals surface area contributed by atoms with Crippen LogP contribution in [0.2, 0.25) is 0 Å². The lowest BCUT2D eigenvalue weighted by atomic mass is 10.1. The molecule has 2 atom stereocenters. The largest absolute Gasteiger partial charge is 0.491 e. The molecule has 1 rings (SSSR count). The van der Waals surface area contributed by atoms with Gasteiger partial charge in [0.05, 0.1) is 6.10 Å². The van der Waals surface area contributed by atoms with Crippen molar-refractivity contribution in [2.75, 3.05) is 0 Å². The van der Waals surface area contributed by atoms with Gasteiger partial charge in [-0.1, -0.05) is 25.1 Å². The van der Waals surface area contributed by atoms with Crippen LogP contribution in [0.1, 0.15) is 52.6 Å². The maximum absolute atomic E-state index is 5.84. The molecule has 0 radical (unpaired) electrons. The molecule has 1 aromatic carbocycles. The van der Waals surface area contributed by atoms with Crippen LogP contribution in [0.5, 0.6) is 5.75 Å². The number of nitrogens with one attached hydrogen (secondary N) is 1. The topological polar surface area (TPSA) is 21.3 Å². The third-order valence-electron chi connectivity index (χ3n) is 2.90. The summed E-state index contributed by atoms with van der Waals surface area (Å²) in [4.78, 5) is 0. The molecule has 0 saturated carbocycles. The molecule has 0 heterocycles. The maximum atomic E-state index is 5.84. The van der Waals surface area contributed by atoms with Gasteiger partial charge in [-0.05, 0) is 40.2 Å². The zero-order valence-corrected chi connectivity index (χ0v) is 11.7. The monoisotopic (exact) mass is 235 g/mol. The van der Waals surface area contributed by atoms with Crippen molar-refractivity contribution in [2.24, 2.45) is 0 Å². The summed E-state index contributed by atoms with van der Waals surface area (Å²) in [6.45, 7) is 10.7. The van der Waals surface area contributed by atoms with Gasteiger partial charge in [0.25, 0.3) is 0 Å². The van der Waals surface area contributed by atoms with Crippen LogP contribution in [-0.2, 0) is 0 Å². The molecule has 0 aliphatic rings. The Labute approximate surface area is 105 Å². The van der Waals surface area contributed by atoms with Gasteiger partial charge in [0.1, 0.15) is 5.75 Å². The molecule has 0 aromatic heterocycles. The van der Waals surface area contributed by atoms with Crippen molar-refractivity contribution in [3.8, 4) is 5.75 Å². The standard InChI is InChI=1S/C15H25NO/c1-6-12(4)16-13(5)14-9-7-8-10-15(14)17-11(2)3/h7-13,16H,6H2,1-5H3/t12-,13+/m1/s1. The molecule has 0 unspecified atom stereocenters. The van der Waals surface area contributed by atoms with Crippen LogP contribution in [-0.4, -0.2) is 12.1 Å². The van der Waals surface area contributed by atoms with Gasteiger partial charge in [-0.25, -0.2) is 0 Å². The Kier molecular flexibility index (Phi) is 5.49. The average Bonchev–Trinajstić information content (AvgIpc) is 2.28. The first kappa shape index (κ1) is 14.0. The first-order valence-corrected chi connectivity index (χ1v) is 6.56. The van der Waals surface area contributed by atoms with E-state index in [4.69, 9.17) is 4.74 Å². The minimum absolute atomic E-state index is 0.215. The fourth-order valence-corrected chi connectivity index (χ4v) is 1.83. The summed E-state index contributed by atoms with van der Waals surface area (Å²) in [5.41, 5.74) is 1.24. The molecule has 2 heteroatoms. The second kappa shape index (κ2) is 6.65. The fraction of sp³-hybridized carbons (Fsp3) is 0.600. The van der Waals surface area contributed by atoms with Crippen molar-refractivity contribution in [1.82, 2.24) is 5.32 Å². The van der Waals surface area contributed by atoms with Crippen molar-refractivity contribution in [1.29, 1.82) is 0 Å². The zero-order chi connectivity index (χ0) is 12.8. The average molecular weight is 235 g/mol. The molecule has 1 N–H and O–H groups in total. The Morgan fingerprint density at radius 3 is 2.35 bits per heavy atom. The number of hydrogen-bond acceptors (Lipinski definition) is 2. The van der Waals surface area contributed by atoms with Crippen LogP contribution in [0.15, 0.2) is 24.3 Å². The van der Waals surface area contributed by atoms with Crippen molar-refractivity contribution in [3.63, 3.8) is 0 Å². The molecule has 96 valence electrons. The Hall–Kier alpha value is -1.02. The molecular formula is C15H25NO. The smallest absolute Gasteiger partial charge is 0.124 e. The van der Waals surface area contributed by atoms with Gasteiger partial charge in [-0.2, -0.15) is 0 Å². The maximum Gasteiger partial charge on any atom is 0.124 e. The van der Waals surface area contributed by atoms with E-state index in [1.54, 1.807) is 0 Å². The quantitative estimate of drug-likeness (QED) is 0.807. The van der Waals surface area contributed by atoms with Crippen LogP contribution in [0, 0.1) is 0 Å². The third kappa shape index (κ3) is 4.39. The molecule has 17 heavy (non-hydrogen) atoms. The predicted molar refractivity (Wildman–Crippen MR) is 73.5 cm³/mol. The summed E-state index contributed by atoms with van der Waals surface area (Å²) in [7, 11) is 0. The summed E-state index contributed by atoms with van der Waals surface area (Å²) in [6, 6.07) is 9.12. The van der Waals surface area contributed by atoms with Crippen LogP contribution < -0.4 is 10.1 Å². The molecule has 1 aromatic rings. The highest BCUT2D eigenvalue weighted by atomic mass is 16.5. The SMILES string of the molecule is CC[C@@H](C)N[C@@H](C)c1ccccc1OC(C)C. The summed E-state index contributed by atoms with van der Waals surface area (Å²) < 4.78 is 5.84. The lowest BCUT2D eigenvalue weighted by Gasteiger charge is -2.22. The fourth-order valence-electron chi connectivity index (χ4n) is 1.83. The highest BCUT2D eigenvalue weighted by molar-refractivity contribution is 5.35. The second-order valence-electron chi connectivity index (χ2n) is 4.90. The Morgan fingerprint density at radius 2 is 1.76 bits per heavy atom. The highest BCUT2D eigenvalue weighted by Gasteiger charge is 2.13. The minimum atomic E-state index is 0.215. The Balaban J connectivity index is 2.81. The molecule has 0 bridgehead atoms. The lowest BCUT2D eigenvalue weighted by Crippen LogP contribution is -2.28.